The van der Waals surface area contributed by atoms with Gasteiger partial charge >= 0.3 is 0 Å². The number of nitrogens with zero attached hydrogens (tertiary/aromatic N) is 2. The van der Waals surface area contributed by atoms with Gasteiger partial charge in [-0.05, 0) is 40.9 Å². The third kappa shape index (κ3) is 2.87. The summed E-state index contributed by atoms with van der Waals surface area (Å²) in [6.45, 7) is 1.05. The summed E-state index contributed by atoms with van der Waals surface area (Å²) in [4.78, 5) is 29.1. The van der Waals surface area contributed by atoms with Gasteiger partial charge in [-0.25, -0.2) is 4.98 Å². The number of pyridine rings is 1. The summed E-state index contributed by atoms with van der Waals surface area (Å²) < 4.78 is 0.827. The van der Waals surface area contributed by atoms with Crippen LogP contribution in [0.15, 0.2) is 22.8 Å². The second-order valence-corrected chi connectivity index (χ2v) is 5.27. The lowest BCUT2D eigenvalue weighted by Gasteiger charge is -2.30. The van der Waals surface area contributed by atoms with Gasteiger partial charge in [-0.1, -0.05) is 0 Å². The van der Waals surface area contributed by atoms with E-state index >= 15 is 0 Å². The molecule has 18 heavy (non-hydrogen) atoms. The fraction of sp³-hybridized carbons (Fsp3) is 0.417. The second kappa shape index (κ2) is 5.48. The standard InChI is InChI=1S/C12H14BrN3O2/c13-9-3-4-10(15-6-9)12(18)16-5-1-2-8(7-16)11(14)17/h3-4,6,8H,1-2,5,7H2,(H2,14,17). The number of hydrogen-bond acceptors (Lipinski definition) is 3. The van der Waals surface area contributed by atoms with E-state index in [1.54, 1.807) is 23.2 Å². The Morgan fingerprint density at radius 1 is 1.44 bits per heavy atom. The average molecular weight is 312 g/mol. The Morgan fingerprint density at radius 2 is 2.22 bits per heavy atom. The molecule has 6 heteroatoms. The van der Waals surface area contributed by atoms with E-state index in [2.05, 4.69) is 20.9 Å². The molecule has 2 amide bonds. The van der Waals surface area contributed by atoms with E-state index < -0.39 is 0 Å². The van der Waals surface area contributed by atoms with Crippen LogP contribution >= 0.6 is 15.9 Å². The summed E-state index contributed by atoms with van der Waals surface area (Å²) in [7, 11) is 0. The van der Waals surface area contributed by atoms with Crippen molar-refractivity contribution in [3.8, 4) is 0 Å². The zero-order valence-corrected chi connectivity index (χ0v) is 11.4. The quantitative estimate of drug-likeness (QED) is 0.891. The second-order valence-electron chi connectivity index (χ2n) is 4.35. The molecule has 1 aliphatic heterocycles. The zero-order valence-electron chi connectivity index (χ0n) is 9.80. The number of hydrogen-bond donors (Lipinski definition) is 1. The molecule has 1 unspecified atom stereocenters. The lowest BCUT2D eigenvalue weighted by Crippen LogP contribution is -2.44. The highest BCUT2D eigenvalue weighted by atomic mass is 79.9. The molecule has 0 radical (unpaired) electrons. The predicted octanol–water partition coefficient (Wildman–Crippen LogP) is 1.18. The summed E-state index contributed by atoms with van der Waals surface area (Å²) in [5.41, 5.74) is 5.68. The van der Waals surface area contributed by atoms with Gasteiger partial charge < -0.3 is 10.6 Å². The van der Waals surface area contributed by atoms with Gasteiger partial charge in [0.25, 0.3) is 5.91 Å². The summed E-state index contributed by atoms with van der Waals surface area (Å²) in [5.74, 6) is -0.720. The highest BCUT2D eigenvalue weighted by Crippen LogP contribution is 2.18. The van der Waals surface area contributed by atoms with E-state index in [0.29, 0.717) is 18.8 Å². The Labute approximate surface area is 113 Å². The maximum Gasteiger partial charge on any atom is 0.272 e. The van der Waals surface area contributed by atoms with Gasteiger partial charge in [0.15, 0.2) is 0 Å². The summed E-state index contributed by atoms with van der Waals surface area (Å²) >= 11 is 3.27. The minimum Gasteiger partial charge on any atom is -0.369 e. The molecular weight excluding hydrogens is 298 g/mol. The molecule has 1 aliphatic rings. The van der Waals surface area contributed by atoms with Crippen molar-refractivity contribution in [2.75, 3.05) is 13.1 Å². The first kappa shape index (κ1) is 13.0. The van der Waals surface area contributed by atoms with Crippen molar-refractivity contribution in [1.82, 2.24) is 9.88 Å². The third-order valence-electron chi connectivity index (χ3n) is 3.06. The minimum atomic E-state index is -0.337. The smallest absolute Gasteiger partial charge is 0.272 e. The van der Waals surface area contributed by atoms with E-state index in [9.17, 15) is 9.59 Å². The normalized spacial score (nSPS) is 19.6. The largest absolute Gasteiger partial charge is 0.369 e. The highest BCUT2D eigenvalue weighted by molar-refractivity contribution is 9.10. The fourth-order valence-corrected chi connectivity index (χ4v) is 2.29. The van der Waals surface area contributed by atoms with Gasteiger partial charge in [0.1, 0.15) is 5.69 Å². The molecule has 1 saturated heterocycles. The maximum atomic E-state index is 12.2. The number of amides is 2. The van der Waals surface area contributed by atoms with Crippen LogP contribution in [-0.4, -0.2) is 34.8 Å². The van der Waals surface area contributed by atoms with E-state index in [-0.39, 0.29) is 17.7 Å². The number of likely N-dealkylation sites (tertiary alicyclic amines) is 1. The highest BCUT2D eigenvalue weighted by Gasteiger charge is 2.27. The molecule has 2 N–H and O–H groups in total. The van der Waals surface area contributed by atoms with Gasteiger partial charge in [0.05, 0.1) is 5.92 Å². The first-order valence-electron chi connectivity index (χ1n) is 5.78. The molecule has 1 atom stereocenters. The minimum absolute atomic E-state index is 0.145. The van der Waals surface area contributed by atoms with Crippen LogP contribution in [0, 0.1) is 5.92 Å². The Balaban J connectivity index is 2.09. The van der Waals surface area contributed by atoms with Crippen LogP contribution in [0.1, 0.15) is 23.3 Å². The topological polar surface area (TPSA) is 76.3 Å². The number of halogens is 1. The molecule has 1 fully saturated rings. The Kier molecular flexibility index (Phi) is 3.96. The monoisotopic (exact) mass is 311 g/mol. The van der Waals surface area contributed by atoms with Crippen LogP contribution in [0.5, 0.6) is 0 Å². The number of primary amides is 1. The number of carbonyl (C=O) groups excluding carboxylic acids is 2. The van der Waals surface area contributed by atoms with E-state index in [1.807, 2.05) is 0 Å². The molecule has 2 heterocycles. The van der Waals surface area contributed by atoms with Crippen LogP contribution in [0.25, 0.3) is 0 Å². The van der Waals surface area contributed by atoms with E-state index in [0.717, 1.165) is 17.3 Å². The Bertz CT molecular complexity index is 461. The molecule has 0 bridgehead atoms. The van der Waals surface area contributed by atoms with Gasteiger partial charge in [-0.15, -0.1) is 0 Å². The first-order valence-corrected chi connectivity index (χ1v) is 6.57. The molecule has 5 nitrogen and oxygen atoms in total. The van der Waals surface area contributed by atoms with Gasteiger partial charge in [0.2, 0.25) is 5.91 Å². The Morgan fingerprint density at radius 3 is 2.83 bits per heavy atom. The van der Waals surface area contributed by atoms with Crippen LogP contribution in [0.4, 0.5) is 0 Å². The summed E-state index contributed by atoms with van der Waals surface area (Å²) in [6.07, 6.45) is 3.14. The van der Waals surface area contributed by atoms with Crippen LogP contribution in [-0.2, 0) is 4.79 Å². The first-order chi connectivity index (χ1) is 8.58. The van der Waals surface area contributed by atoms with Crippen molar-refractivity contribution in [1.29, 1.82) is 0 Å². The van der Waals surface area contributed by atoms with Crippen LogP contribution in [0.2, 0.25) is 0 Å². The summed E-state index contributed by atoms with van der Waals surface area (Å²) in [5, 5.41) is 0. The van der Waals surface area contributed by atoms with E-state index in [4.69, 9.17) is 5.73 Å². The Hall–Kier alpha value is -1.43. The predicted molar refractivity (Wildman–Crippen MR) is 69.8 cm³/mol. The lowest BCUT2D eigenvalue weighted by atomic mass is 9.97. The number of piperidine rings is 1. The van der Waals surface area contributed by atoms with Crippen LogP contribution < -0.4 is 5.73 Å². The number of carbonyl (C=O) groups is 2. The number of aromatic nitrogens is 1. The summed E-state index contributed by atoms with van der Waals surface area (Å²) in [6, 6.07) is 3.44. The molecule has 1 aromatic heterocycles. The van der Waals surface area contributed by atoms with Crippen molar-refractivity contribution in [2.45, 2.75) is 12.8 Å². The zero-order chi connectivity index (χ0) is 13.1. The van der Waals surface area contributed by atoms with Crippen molar-refractivity contribution >= 4 is 27.7 Å². The average Bonchev–Trinajstić information content (AvgIpc) is 2.39. The molecule has 0 spiro atoms. The molecule has 0 aliphatic carbocycles. The number of rotatable bonds is 2. The van der Waals surface area contributed by atoms with Crippen molar-refractivity contribution in [2.24, 2.45) is 11.7 Å². The van der Waals surface area contributed by atoms with Crippen LogP contribution in [0.3, 0.4) is 0 Å². The molecule has 1 aromatic rings. The molecule has 2 rings (SSSR count). The molecule has 96 valence electrons. The SMILES string of the molecule is NC(=O)C1CCCN(C(=O)c2ccc(Br)cn2)C1. The fourth-order valence-electron chi connectivity index (χ4n) is 2.06. The maximum absolute atomic E-state index is 12.2. The van der Waals surface area contributed by atoms with Crippen molar-refractivity contribution in [3.63, 3.8) is 0 Å². The van der Waals surface area contributed by atoms with Gasteiger partial charge in [0, 0.05) is 23.8 Å². The van der Waals surface area contributed by atoms with Crippen molar-refractivity contribution in [3.05, 3.63) is 28.5 Å². The third-order valence-corrected chi connectivity index (χ3v) is 3.53. The van der Waals surface area contributed by atoms with Crippen molar-refractivity contribution < 1.29 is 9.59 Å². The lowest BCUT2D eigenvalue weighted by molar-refractivity contribution is -0.123. The molecule has 0 aromatic carbocycles. The molecule has 0 saturated carbocycles. The molecular formula is C12H14BrN3O2. The van der Waals surface area contributed by atoms with Gasteiger partial charge in [-0.2, -0.15) is 0 Å². The van der Waals surface area contributed by atoms with Gasteiger partial charge in [-0.3, -0.25) is 9.59 Å². The number of nitrogens with two attached hydrogens (primary N) is 1. The van der Waals surface area contributed by atoms with E-state index in [1.165, 1.54) is 0 Å².